The van der Waals surface area contributed by atoms with Gasteiger partial charge < -0.3 is 10.3 Å². The number of rotatable bonds is 4. The summed E-state index contributed by atoms with van der Waals surface area (Å²) in [4.78, 5) is 4.16. The largest absolute Gasteiger partial charge is 0.369 e. The fourth-order valence-electron chi connectivity index (χ4n) is 1.76. The average Bonchev–Trinajstić information content (AvgIpc) is 2.64. The van der Waals surface area contributed by atoms with Crippen LogP contribution in [0.3, 0.4) is 0 Å². The van der Waals surface area contributed by atoms with Crippen LogP contribution >= 0.6 is 11.6 Å². The van der Waals surface area contributed by atoms with Gasteiger partial charge in [-0.25, -0.2) is 13.4 Å². The van der Waals surface area contributed by atoms with Crippen LogP contribution in [0.25, 0.3) is 11.0 Å². The zero-order valence-corrected chi connectivity index (χ0v) is 11.5. The molecule has 7 heteroatoms. The molecule has 0 aliphatic carbocycles. The molecule has 0 fully saturated rings. The number of benzene rings is 1. The van der Waals surface area contributed by atoms with Crippen LogP contribution in [0.2, 0.25) is 5.02 Å². The Labute approximate surface area is 110 Å². The number of nitrogens with zero attached hydrogens (tertiary/aromatic N) is 2. The summed E-state index contributed by atoms with van der Waals surface area (Å²) in [5, 5.41) is 0.519. The van der Waals surface area contributed by atoms with Gasteiger partial charge in [0.1, 0.15) is 0 Å². The first-order valence-electron chi connectivity index (χ1n) is 5.55. The third kappa shape index (κ3) is 2.44. The summed E-state index contributed by atoms with van der Waals surface area (Å²) in [6.07, 6.45) is 0. The topological polar surface area (TPSA) is 78.0 Å². The Balaban J connectivity index is 2.42. The van der Waals surface area contributed by atoms with Crippen LogP contribution in [-0.2, 0) is 16.4 Å². The first-order chi connectivity index (χ1) is 8.44. The number of hydrogen-bond donors (Lipinski definition) is 1. The Bertz CT molecular complexity index is 679. The molecule has 0 amide bonds. The van der Waals surface area contributed by atoms with Gasteiger partial charge in [0, 0.05) is 12.3 Å². The van der Waals surface area contributed by atoms with Gasteiger partial charge in [-0.15, -0.1) is 0 Å². The summed E-state index contributed by atoms with van der Waals surface area (Å²) >= 11 is 6.09. The van der Waals surface area contributed by atoms with E-state index in [0.29, 0.717) is 16.1 Å². The van der Waals surface area contributed by atoms with E-state index in [-0.39, 0.29) is 24.0 Å². The number of nitrogens with two attached hydrogens (primary N) is 1. The minimum absolute atomic E-state index is 0.0321. The van der Waals surface area contributed by atoms with Crippen LogP contribution in [0.5, 0.6) is 0 Å². The number of aryl methyl sites for hydroxylation is 1. The van der Waals surface area contributed by atoms with Crippen molar-refractivity contribution < 1.29 is 8.42 Å². The van der Waals surface area contributed by atoms with Gasteiger partial charge in [-0.2, -0.15) is 0 Å². The second kappa shape index (κ2) is 4.78. The van der Waals surface area contributed by atoms with Crippen molar-refractivity contribution in [1.29, 1.82) is 0 Å². The summed E-state index contributed by atoms with van der Waals surface area (Å²) in [7, 11) is -3.04. The molecule has 1 heterocycles. The molecule has 0 spiro atoms. The van der Waals surface area contributed by atoms with E-state index < -0.39 is 9.84 Å². The highest BCUT2D eigenvalue weighted by atomic mass is 35.5. The van der Waals surface area contributed by atoms with Crippen LogP contribution in [0.15, 0.2) is 18.2 Å². The van der Waals surface area contributed by atoms with Crippen molar-refractivity contribution in [3.8, 4) is 0 Å². The highest BCUT2D eigenvalue weighted by Gasteiger charge is 2.14. The molecule has 0 saturated heterocycles. The van der Waals surface area contributed by atoms with Crippen molar-refractivity contribution in [2.75, 3.05) is 17.2 Å². The SMILES string of the molecule is CCS(=O)(=O)CCn1c(N)nc2cccc(Cl)c21. The molecule has 0 saturated carbocycles. The fourth-order valence-corrected chi connectivity index (χ4v) is 2.78. The predicted octanol–water partition coefficient (Wildman–Crippen LogP) is 1.71. The third-order valence-corrected chi connectivity index (χ3v) is 4.80. The van der Waals surface area contributed by atoms with Gasteiger partial charge >= 0.3 is 0 Å². The number of para-hydroxylation sites is 1. The zero-order chi connectivity index (χ0) is 13.3. The predicted molar refractivity (Wildman–Crippen MR) is 73.5 cm³/mol. The molecule has 18 heavy (non-hydrogen) atoms. The Morgan fingerprint density at radius 3 is 2.83 bits per heavy atom. The molecule has 2 N–H and O–H groups in total. The summed E-state index contributed by atoms with van der Waals surface area (Å²) in [5.74, 6) is 0.432. The van der Waals surface area contributed by atoms with Crippen molar-refractivity contribution in [3.63, 3.8) is 0 Å². The molecule has 0 bridgehead atoms. The quantitative estimate of drug-likeness (QED) is 0.928. The highest BCUT2D eigenvalue weighted by Crippen LogP contribution is 2.25. The lowest BCUT2D eigenvalue weighted by atomic mass is 10.3. The van der Waals surface area contributed by atoms with E-state index in [0.717, 1.165) is 0 Å². The van der Waals surface area contributed by atoms with Crippen molar-refractivity contribution in [3.05, 3.63) is 23.2 Å². The van der Waals surface area contributed by atoms with Crippen molar-refractivity contribution in [2.45, 2.75) is 13.5 Å². The number of nitrogen functional groups attached to an aromatic ring is 1. The highest BCUT2D eigenvalue weighted by molar-refractivity contribution is 7.91. The second-order valence-corrected chi connectivity index (χ2v) is 6.85. The van der Waals surface area contributed by atoms with E-state index in [4.69, 9.17) is 17.3 Å². The minimum Gasteiger partial charge on any atom is -0.369 e. The van der Waals surface area contributed by atoms with Crippen molar-refractivity contribution >= 4 is 38.4 Å². The van der Waals surface area contributed by atoms with Gasteiger partial charge in [0.15, 0.2) is 9.84 Å². The number of halogens is 1. The number of fused-ring (bicyclic) bond motifs is 1. The fraction of sp³-hybridized carbons (Fsp3) is 0.364. The van der Waals surface area contributed by atoms with Gasteiger partial charge in [0.05, 0.1) is 21.8 Å². The molecule has 1 aromatic carbocycles. The smallest absolute Gasteiger partial charge is 0.201 e. The number of sulfone groups is 1. The van der Waals surface area contributed by atoms with Crippen molar-refractivity contribution in [1.82, 2.24) is 9.55 Å². The lowest BCUT2D eigenvalue weighted by molar-refractivity contribution is 0.591. The van der Waals surface area contributed by atoms with E-state index in [1.54, 1.807) is 29.7 Å². The van der Waals surface area contributed by atoms with Gasteiger partial charge in [0.2, 0.25) is 5.95 Å². The van der Waals surface area contributed by atoms with E-state index in [1.165, 1.54) is 0 Å². The summed E-state index contributed by atoms with van der Waals surface area (Å²) in [5.41, 5.74) is 7.15. The van der Waals surface area contributed by atoms with Gasteiger partial charge in [0.25, 0.3) is 0 Å². The summed E-state index contributed by atoms with van der Waals surface area (Å²) < 4.78 is 24.7. The monoisotopic (exact) mass is 287 g/mol. The Morgan fingerprint density at radius 1 is 1.44 bits per heavy atom. The van der Waals surface area contributed by atoms with Crippen LogP contribution in [0.4, 0.5) is 5.95 Å². The standard InChI is InChI=1S/C11H14ClN3O2S/c1-2-18(16,17)7-6-15-10-8(12)4-3-5-9(10)14-11(15)13/h3-5H,2,6-7H2,1H3,(H2,13,14). The summed E-state index contributed by atoms with van der Waals surface area (Å²) in [6, 6.07) is 5.31. The normalized spacial score (nSPS) is 12.1. The van der Waals surface area contributed by atoms with Crippen LogP contribution in [-0.4, -0.2) is 29.5 Å². The number of aromatic nitrogens is 2. The second-order valence-electron chi connectivity index (χ2n) is 3.97. The van der Waals surface area contributed by atoms with Crippen LogP contribution in [0, 0.1) is 0 Å². The molecular formula is C11H14ClN3O2S. The Morgan fingerprint density at radius 2 is 2.17 bits per heavy atom. The molecular weight excluding hydrogens is 274 g/mol. The molecule has 0 aliphatic rings. The first-order valence-corrected chi connectivity index (χ1v) is 7.75. The third-order valence-electron chi connectivity index (χ3n) is 2.81. The Hall–Kier alpha value is -1.27. The van der Waals surface area contributed by atoms with Gasteiger partial charge in [-0.05, 0) is 12.1 Å². The van der Waals surface area contributed by atoms with Gasteiger partial charge in [-0.1, -0.05) is 24.6 Å². The van der Waals surface area contributed by atoms with Crippen molar-refractivity contribution in [2.24, 2.45) is 0 Å². The average molecular weight is 288 g/mol. The van der Waals surface area contributed by atoms with E-state index >= 15 is 0 Å². The van der Waals surface area contributed by atoms with Gasteiger partial charge in [-0.3, -0.25) is 0 Å². The molecule has 0 unspecified atom stereocenters. The van der Waals surface area contributed by atoms with Crippen LogP contribution in [0.1, 0.15) is 6.92 Å². The first kappa shape index (κ1) is 13.2. The molecule has 1 aromatic heterocycles. The molecule has 2 rings (SSSR count). The van der Waals surface area contributed by atoms with E-state index in [9.17, 15) is 8.42 Å². The maximum atomic E-state index is 11.5. The number of anilines is 1. The van der Waals surface area contributed by atoms with E-state index in [2.05, 4.69) is 4.98 Å². The zero-order valence-electron chi connectivity index (χ0n) is 9.93. The maximum absolute atomic E-state index is 11.5. The lowest BCUT2D eigenvalue weighted by Crippen LogP contribution is -2.15. The Kier molecular flexibility index (Phi) is 3.49. The number of hydrogen-bond acceptors (Lipinski definition) is 4. The maximum Gasteiger partial charge on any atom is 0.201 e. The molecule has 0 aliphatic heterocycles. The number of imidazole rings is 1. The minimum atomic E-state index is -3.04. The summed E-state index contributed by atoms with van der Waals surface area (Å²) in [6.45, 7) is 1.89. The molecule has 0 atom stereocenters. The molecule has 5 nitrogen and oxygen atoms in total. The molecule has 2 aromatic rings. The molecule has 98 valence electrons. The molecule has 0 radical (unpaired) electrons. The van der Waals surface area contributed by atoms with Crippen LogP contribution < -0.4 is 5.73 Å². The van der Waals surface area contributed by atoms with E-state index in [1.807, 2.05) is 0 Å². The lowest BCUT2D eigenvalue weighted by Gasteiger charge is -2.07.